The van der Waals surface area contributed by atoms with Crippen LogP contribution in [0, 0.1) is 0 Å². The summed E-state index contributed by atoms with van der Waals surface area (Å²) < 4.78 is 0. The van der Waals surface area contributed by atoms with Gasteiger partial charge in [-0.15, -0.1) is 0 Å². The first-order valence-electron chi connectivity index (χ1n) is 0.716. The Hall–Kier alpha value is 0.570. The second-order valence-corrected chi connectivity index (χ2v) is 0.757. The summed E-state index contributed by atoms with van der Waals surface area (Å²) in [6.45, 7) is 0. The predicted octanol–water partition coefficient (Wildman–Crippen LogP) is -3.33. The molecule has 7 heteroatoms. The van der Waals surface area contributed by atoms with Crippen LogP contribution in [0.4, 0.5) is 0 Å². The van der Waals surface area contributed by atoms with E-state index in [0.29, 0.717) is 0 Å². The minimum atomic E-state index is -0.500. The fraction of sp³-hybridized carbons (Fsp3) is 0. The summed E-state index contributed by atoms with van der Waals surface area (Å²) in [5.74, 6) is 0. The molecule has 5 nitrogen and oxygen atoms in total. The number of nitrogens with two attached hydrogens (primary N) is 1. The van der Waals surface area contributed by atoms with Crippen LogP contribution in [0.25, 0.3) is 0 Å². The van der Waals surface area contributed by atoms with Gasteiger partial charge in [0.1, 0.15) is 0 Å². The van der Waals surface area contributed by atoms with Crippen LogP contribution in [0.5, 0.6) is 0 Å². The Labute approximate surface area is 74.1 Å². The Kier molecular flexibility index (Phi) is 123. The summed E-state index contributed by atoms with van der Waals surface area (Å²) in [4.78, 5) is 0. The molecule has 0 spiro atoms. The maximum absolute atomic E-state index is 7.56. The monoisotopic (exact) mass is 155 g/mol. The number of hydrogen-bond donors (Lipinski definition) is 2. The summed E-state index contributed by atoms with van der Waals surface area (Å²) in [5, 5.41) is 7.06. The van der Waals surface area contributed by atoms with E-state index in [1.807, 2.05) is 0 Å². The summed E-state index contributed by atoms with van der Waals surface area (Å²) >= 11 is 3.87. The SMILES string of the molecule is NC(O)=S.O.O.O.[NaH]. The van der Waals surface area contributed by atoms with Crippen molar-refractivity contribution in [3.05, 3.63) is 0 Å². The molecule has 0 saturated carbocycles. The molecule has 0 saturated heterocycles. The van der Waals surface area contributed by atoms with E-state index in [1.54, 1.807) is 0 Å². The Morgan fingerprint density at radius 3 is 1.25 bits per heavy atom. The molecule has 0 aliphatic carbocycles. The Bertz CT molecular complexity index is 39.0. The zero-order valence-electron chi connectivity index (χ0n) is 3.43. The number of rotatable bonds is 0. The van der Waals surface area contributed by atoms with Crippen LogP contribution in [0.3, 0.4) is 0 Å². The summed E-state index contributed by atoms with van der Waals surface area (Å²) in [5.41, 5.74) is 4.40. The summed E-state index contributed by atoms with van der Waals surface area (Å²) in [6.07, 6.45) is 0. The van der Waals surface area contributed by atoms with E-state index >= 15 is 0 Å². The van der Waals surface area contributed by atoms with Gasteiger partial charge in [0.05, 0.1) is 0 Å². The van der Waals surface area contributed by atoms with E-state index < -0.39 is 5.17 Å². The van der Waals surface area contributed by atoms with Crippen molar-refractivity contribution >= 4 is 46.9 Å². The molecule has 0 heterocycles. The van der Waals surface area contributed by atoms with Crippen molar-refractivity contribution in [3.8, 4) is 0 Å². The number of thiocarbonyl (C=S) groups is 1. The van der Waals surface area contributed by atoms with Crippen LogP contribution in [0.2, 0.25) is 0 Å². The van der Waals surface area contributed by atoms with Crippen LogP contribution < -0.4 is 5.73 Å². The van der Waals surface area contributed by atoms with Gasteiger partial charge in [0.2, 0.25) is 0 Å². The molecule has 9 N–H and O–H groups in total. The molecule has 0 aliphatic heterocycles. The number of aliphatic hydroxyl groups is 1. The van der Waals surface area contributed by atoms with Crippen molar-refractivity contribution in [2.24, 2.45) is 5.73 Å². The fourth-order valence-electron chi connectivity index (χ4n) is 0. The molecule has 0 aromatic rings. The quantitative estimate of drug-likeness (QED) is 0.279. The molecule has 0 aromatic carbocycles. The molecule has 8 heavy (non-hydrogen) atoms. The minimum absolute atomic E-state index is 0. The standard InChI is InChI=1S/CH3NOS.Na.3H2O.H/c2-1(3)4;;;;;/h(H3,2,3,4);;3*1H2;. The van der Waals surface area contributed by atoms with E-state index in [2.05, 4.69) is 18.0 Å². The molecule has 0 fully saturated rings. The molecule has 0 atom stereocenters. The van der Waals surface area contributed by atoms with Gasteiger partial charge in [0, 0.05) is 0 Å². The van der Waals surface area contributed by atoms with Gasteiger partial charge >= 0.3 is 29.6 Å². The second-order valence-electron chi connectivity index (χ2n) is 0.338. The van der Waals surface area contributed by atoms with Crippen molar-refractivity contribution in [2.75, 3.05) is 0 Å². The number of hydrogen-bond acceptors (Lipinski definition) is 1. The van der Waals surface area contributed by atoms with E-state index in [0.717, 1.165) is 0 Å². The summed E-state index contributed by atoms with van der Waals surface area (Å²) in [7, 11) is 0. The zero-order chi connectivity index (χ0) is 3.58. The molecule has 0 bridgehead atoms. The topological polar surface area (TPSA) is 141 Å². The van der Waals surface area contributed by atoms with Crippen molar-refractivity contribution in [1.82, 2.24) is 0 Å². The van der Waals surface area contributed by atoms with Crippen LogP contribution in [-0.2, 0) is 0 Å². The van der Waals surface area contributed by atoms with Gasteiger partial charge in [-0.05, 0) is 12.2 Å². The van der Waals surface area contributed by atoms with Crippen LogP contribution >= 0.6 is 12.2 Å². The Morgan fingerprint density at radius 2 is 1.25 bits per heavy atom. The first-order valence-corrected chi connectivity index (χ1v) is 1.12. The first-order chi connectivity index (χ1) is 1.73. The van der Waals surface area contributed by atoms with Crippen molar-refractivity contribution in [2.45, 2.75) is 0 Å². The molecule has 0 aliphatic rings. The van der Waals surface area contributed by atoms with Gasteiger partial charge in [-0.3, -0.25) is 0 Å². The maximum atomic E-state index is 7.56. The van der Waals surface area contributed by atoms with Gasteiger partial charge in [-0.2, -0.15) is 0 Å². The Morgan fingerprint density at radius 1 is 1.25 bits per heavy atom. The Balaban J connectivity index is -0.00000000750. The zero-order valence-corrected chi connectivity index (χ0v) is 4.25. The second kappa shape index (κ2) is 25.6. The third-order valence-corrected chi connectivity index (χ3v) is 0. The molecule has 50 valence electrons. The van der Waals surface area contributed by atoms with Crippen LogP contribution in [-0.4, -0.2) is 56.3 Å². The van der Waals surface area contributed by atoms with Gasteiger partial charge in [-0.1, -0.05) is 0 Å². The van der Waals surface area contributed by atoms with Gasteiger partial charge in [0.15, 0.2) is 0 Å². The fourth-order valence-corrected chi connectivity index (χ4v) is 0. The molecular formula is CH10NNaO4S. The van der Waals surface area contributed by atoms with E-state index in [-0.39, 0.29) is 46.0 Å². The molecule has 0 rings (SSSR count). The van der Waals surface area contributed by atoms with Crippen molar-refractivity contribution in [3.63, 3.8) is 0 Å². The number of aliphatic hydroxyl groups excluding tert-OH is 1. The van der Waals surface area contributed by atoms with Crippen molar-refractivity contribution < 1.29 is 21.5 Å². The van der Waals surface area contributed by atoms with E-state index in [9.17, 15) is 0 Å². The molecule has 0 amide bonds. The normalized spacial score (nSPS) is 3.00. The molecule has 0 unspecified atom stereocenters. The van der Waals surface area contributed by atoms with E-state index in [1.165, 1.54) is 0 Å². The molecule has 0 radical (unpaired) electrons. The van der Waals surface area contributed by atoms with Crippen molar-refractivity contribution in [1.29, 1.82) is 0 Å². The van der Waals surface area contributed by atoms with E-state index in [4.69, 9.17) is 5.11 Å². The van der Waals surface area contributed by atoms with Gasteiger partial charge in [-0.25, -0.2) is 0 Å². The van der Waals surface area contributed by atoms with Crippen LogP contribution in [0.1, 0.15) is 0 Å². The van der Waals surface area contributed by atoms with Gasteiger partial charge < -0.3 is 27.3 Å². The summed E-state index contributed by atoms with van der Waals surface area (Å²) in [6, 6.07) is 0. The third-order valence-electron chi connectivity index (χ3n) is 0. The average Bonchev–Trinajstić information content (AvgIpc) is 0.811. The third kappa shape index (κ3) is 627. The molecule has 0 aromatic heterocycles. The predicted molar refractivity (Wildman–Crippen MR) is 37.4 cm³/mol. The first kappa shape index (κ1) is 38.5. The van der Waals surface area contributed by atoms with Crippen LogP contribution in [0.15, 0.2) is 0 Å². The van der Waals surface area contributed by atoms with Gasteiger partial charge in [0.25, 0.3) is 5.17 Å². The average molecular weight is 155 g/mol. The molecular weight excluding hydrogens is 145 g/mol.